The Labute approximate surface area is 124 Å². The SMILES string of the molecule is CCc1ccc(C(CC)Nc2ccc(F)cc2Cl)cc1. The van der Waals surface area contributed by atoms with Crippen LogP contribution in [0.2, 0.25) is 5.02 Å². The van der Waals surface area contributed by atoms with Gasteiger partial charge in [0.15, 0.2) is 0 Å². The molecule has 0 amide bonds. The van der Waals surface area contributed by atoms with E-state index in [1.165, 1.54) is 23.3 Å². The van der Waals surface area contributed by atoms with Gasteiger partial charge in [-0.1, -0.05) is 49.7 Å². The first-order chi connectivity index (χ1) is 9.63. The van der Waals surface area contributed by atoms with Crippen LogP contribution in [0.15, 0.2) is 42.5 Å². The average molecular weight is 292 g/mol. The molecule has 0 saturated heterocycles. The molecule has 0 heterocycles. The molecule has 1 nitrogen and oxygen atoms in total. The van der Waals surface area contributed by atoms with Gasteiger partial charge >= 0.3 is 0 Å². The lowest BCUT2D eigenvalue weighted by Crippen LogP contribution is -2.10. The van der Waals surface area contributed by atoms with Crippen molar-refractivity contribution in [2.45, 2.75) is 32.7 Å². The summed E-state index contributed by atoms with van der Waals surface area (Å²) in [6, 6.07) is 13.2. The second kappa shape index (κ2) is 6.76. The number of halogens is 2. The zero-order valence-electron chi connectivity index (χ0n) is 11.8. The van der Waals surface area contributed by atoms with Gasteiger partial charge in [-0.05, 0) is 42.2 Å². The van der Waals surface area contributed by atoms with Crippen molar-refractivity contribution in [1.82, 2.24) is 0 Å². The van der Waals surface area contributed by atoms with Crippen molar-refractivity contribution in [3.8, 4) is 0 Å². The smallest absolute Gasteiger partial charge is 0.124 e. The summed E-state index contributed by atoms with van der Waals surface area (Å²) in [5.74, 6) is -0.319. The topological polar surface area (TPSA) is 12.0 Å². The average Bonchev–Trinajstić information content (AvgIpc) is 2.47. The number of anilines is 1. The summed E-state index contributed by atoms with van der Waals surface area (Å²) in [4.78, 5) is 0. The zero-order chi connectivity index (χ0) is 14.5. The van der Waals surface area contributed by atoms with Gasteiger partial charge in [0.1, 0.15) is 5.82 Å². The van der Waals surface area contributed by atoms with Crippen molar-refractivity contribution in [2.24, 2.45) is 0 Å². The number of aryl methyl sites for hydroxylation is 1. The van der Waals surface area contributed by atoms with Crippen LogP contribution in [-0.4, -0.2) is 0 Å². The van der Waals surface area contributed by atoms with Gasteiger partial charge in [0.05, 0.1) is 16.8 Å². The lowest BCUT2D eigenvalue weighted by atomic mass is 10.0. The highest BCUT2D eigenvalue weighted by Crippen LogP contribution is 2.28. The highest BCUT2D eigenvalue weighted by molar-refractivity contribution is 6.33. The van der Waals surface area contributed by atoms with Crippen LogP contribution in [0.3, 0.4) is 0 Å². The maximum atomic E-state index is 13.1. The first-order valence-corrected chi connectivity index (χ1v) is 7.32. The van der Waals surface area contributed by atoms with E-state index in [-0.39, 0.29) is 11.9 Å². The number of hydrogen-bond acceptors (Lipinski definition) is 1. The molecule has 2 rings (SSSR count). The summed E-state index contributed by atoms with van der Waals surface area (Å²) < 4.78 is 13.1. The predicted octanol–water partition coefficient (Wildman–Crippen LogP) is 5.60. The highest BCUT2D eigenvalue weighted by Gasteiger charge is 2.11. The molecule has 1 unspecified atom stereocenters. The molecule has 20 heavy (non-hydrogen) atoms. The predicted molar refractivity (Wildman–Crippen MR) is 83.9 cm³/mol. The molecule has 0 spiro atoms. The molecular formula is C17H19ClFN. The Hall–Kier alpha value is -1.54. The Kier molecular flexibility index (Phi) is 5.02. The van der Waals surface area contributed by atoms with E-state index in [0.717, 1.165) is 18.5 Å². The lowest BCUT2D eigenvalue weighted by Gasteiger charge is -2.20. The van der Waals surface area contributed by atoms with Gasteiger partial charge in [-0.3, -0.25) is 0 Å². The maximum Gasteiger partial charge on any atom is 0.124 e. The van der Waals surface area contributed by atoms with Gasteiger partial charge in [-0.15, -0.1) is 0 Å². The van der Waals surface area contributed by atoms with Crippen molar-refractivity contribution in [2.75, 3.05) is 5.32 Å². The van der Waals surface area contributed by atoms with Crippen molar-refractivity contribution in [1.29, 1.82) is 0 Å². The van der Waals surface area contributed by atoms with E-state index < -0.39 is 0 Å². The molecule has 2 aromatic carbocycles. The Morgan fingerprint density at radius 2 is 1.80 bits per heavy atom. The van der Waals surface area contributed by atoms with E-state index >= 15 is 0 Å². The molecule has 3 heteroatoms. The van der Waals surface area contributed by atoms with Crippen LogP contribution < -0.4 is 5.32 Å². The molecule has 0 fully saturated rings. The third-order valence-corrected chi connectivity index (χ3v) is 3.77. The molecule has 2 aromatic rings. The van der Waals surface area contributed by atoms with Crippen molar-refractivity contribution in [3.63, 3.8) is 0 Å². The normalized spacial score (nSPS) is 12.2. The Bertz CT molecular complexity index is 566. The zero-order valence-corrected chi connectivity index (χ0v) is 12.5. The van der Waals surface area contributed by atoms with Gasteiger partial charge in [0.2, 0.25) is 0 Å². The van der Waals surface area contributed by atoms with Crippen molar-refractivity contribution < 1.29 is 4.39 Å². The lowest BCUT2D eigenvalue weighted by molar-refractivity contribution is 0.628. The van der Waals surface area contributed by atoms with Gasteiger partial charge in [0, 0.05) is 0 Å². The van der Waals surface area contributed by atoms with E-state index in [1.54, 1.807) is 6.07 Å². The second-order valence-corrected chi connectivity index (χ2v) is 5.23. The number of benzene rings is 2. The van der Waals surface area contributed by atoms with Crippen LogP contribution >= 0.6 is 11.6 Å². The van der Waals surface area contributed by atoms with Crippen LogP contribution in [0.25, 0.3) is 0 Å². The number of rotatable bonds is 5. The quantitative estimate of drug-likeness (QED) is 0.755. The second-order valence-electron chi connectivity index (χ2n) is 4.82. The van der Waals surface area contributed by atoms with Crippen LogP contribution in [0.1, 0.15) is 37.4 Å². The molecule has 0 aliphatic heterocycles. The minimum absolute atomic E-state index is 0.170. The van der Waals surface area contributed by atoms with Crippen LogP contribution in [0.4, 0.5) is 10.1 Å². The largest absolute Gasteiger partial charge is 0.377 e. The fraction of sp³-hybridized carbons (Fsp3) is 0.294. The fourth-order valence-corrected chi connectivity index (χ4v) is 2.42. The number of hydrogen-bond donors (Lipinski definition) is 1. The molecule has 106 valence electrons. The third kappa shape index (κ3) is 3.51. The summed E-state index contributed by atoms with van der Waals surface area (Å²) in [5.41, 5.74) is 3.30. The molecule has 0 saturated carbocycles. The van der Waals surface area contributed by atoms with Crippen LogP contribution in [-0.2, 0) is 6.42 Å². The summed E-state index contributed by atoms with van der Waals surface area (Å²) in [7, 11) is 0. The van der Waals surface area contributed by atoms with Crippen molar-refractivity contribution >= 4 is 17.3 Å². The molecule has 0 aromatic heterocycles. The molecular weight excluding hydrogens is 273 g/mol. The van der Waals surface area contributed by atoms with E-state index in [1.807, 2.05) is 0 Å². The minimum atomic E-state index is -0.319. The molecule has 0 aliphatic rings. The fourth-order valence-electron chi connectivity index (χ4n) is 2.20. The molecule has 0 bridgehead atoms. The Morgan fingerprint density at radius 3 is 2.35 bits per heavy atom. The summed E-state index contributed by atoms with van der Waals surface area (Å²) in [5, 5.41) is 3.79. The molecule has 0 aliphatic carbocycles. The maximum absolute atomic E-state index is 13.1. The van der Waals surface area contributed by atoms with E-state index in [9.17, 15) is 4.39 Å². The standard InChI is InChI=1S/C17H19ClFN/c1-3-12-5-7-13(8-6-12)16(4-2)20-17-10-9-14(19)11-15(17)18/h5-11,16,20H,3-4H2,1-2H3. The van der Waals surface area contributed by atoms with Gasteiger partial charge in [0.25, 0.3) is 0 Å². The van der Waals surface area contributed by atoms with E-state index in [4.69, 9.17) is 11.6 Å². The first-order valence-electron chi connectivity index (χ1n) is 6.94. The molecule has 0 radical (unpaired) electrons. The Balaban J connectivity index is 2.19. The highest BCUT2D eigenvalue weighted by atomic mass is 35.5. The monoisotopic (exact) mass is 291 g/mol. The number of nitrogens with one attached hydrogen (secondary N) is 1. The molecule has 1 atom stereocenters. The van der Waals surface area contributed by atoms with Gasteiger partial charge < -0.3 is 5.32 Å². The van der Waals surface area contributed by atoms with Gasteiger partial charge in [-0.25, -0.2) is 4.39 Å². The van der Waals surface area contributed by atoms with E-state index in [2.05, 4.69) is 43.4 Å². The third-order valence-electron chi connectivity index (χ3n) is 3.46. The summed E-state index contributed by atoms with van der Waals surface area (Å²) in [6.45, 7) is 4.26. The first kappa shape index (κ1) is 14.9. The van der Waals surface area contributed by atoms with Crippen LogP contribution in [0.5, 0.6) is 0 Å². The van der Waals surface area contributed by atoms with Crippen LogP contribution in [0, 0.1) is 5.82 Å². The summed E-state index contributed by atoms with van der Waals surface area (Å²) in [6.07, 6.45) is 1.97. The van der Waals surface area contributed by atoms with Gasteiger partial charge in [-0.2, -0.15) is 0 Å². The summed E-state index contributed by atoms with van der Waals surface area (Å²) >= 11 is 6.06. The minimum Gasteiger partial charge on any atom is -0.377 e. The van der Waals surface area contributed by atoms with Crippen molar-refractivity contribution in [3.05, 3.63) is 64.4 Å². The Morgan fingerprint density at radius 1 is 1.10 bits per heavy atom. The van der Waals surface area contributed by atoms with E-state index in [0.29, 0.717) is 5.02 Å². The molecule has 1 N–H and O–H groups in total.